The summed E-state index contributed by atoms with van der Waals surface area (Å²) in [5, 5.41) is 0. The van der Waals surface area contributed by atoms with E-state index in [4.69, 9.17) is 10.5 Å². The Morgan fingerprint density at radius 2 is 1.89 bits per heavy atom. The van der Waals surface area contributed by atoms with Crippen LogP contribution in [-0.4, -0.2) is 68.6 Å². The van der Waals surface area contributed by atoms with E-state index in [2.05, 4.69) is 0 Å². The molecule has 0 aromatic rings. The molecular weight excluding hydrogens is 234 g/mol. The lowest BCUT2D eigenvalue weighted by Gasteiger charge is -2.24. The van der Waals surface area contributed by atoms with Crippen molar-refractivity contribution in [1.29, 1.82) is 0 Å². The maximum Gasteiger partial charge on any atom is 0.241 e. The Labute approximate surface area is 109 Å². The van der Waals surface area contributed by atoms with Gasteiger partial charge in [0.2, 0.25) is 11.8 Å². The normalized spacial score (nSPS) is 12.1. The summed E-state index contributed by atoms with van der Waals surface area (Å²) in [6.45, 7) is 2.83. The molecule has 106 valence electrons. The van der Waals surface area contributed by atoms with Gasteiger partial charge < -0.3 is 20.3 Å². The first-order valence-electron chi connectivity index (χ1n) is 6.14. The van der Waals surface area contributed by atoms with Gasteiger partial charge in [0.05, 0.1) is 13.2 Å². The smallest absolute Gasteiger partial charge is 0.241 e. The summed E-state index contributed by atoms with van der Waals surface area (Å²) in [7, 11) is 4.90. The van der Waals surface area contributed by atoms with Gasteiger partial charge in [-0.1, -0.05) is 6.92 Å². The molecule has 0 saturated carbocycles. The standard InChI is InChI=1S/C12H25N3O3/c1-5-10(13)8-11(16)15(6-7-18-4)9-12(17)14(2)3/h10H,5-9,13H2,1-4H3. The molecule has 18 heavy (non-hydrogen) atoms. The van der Waals surface area contributed by atoms with Crippen molar-refractivity contribution in [3.05, 3.63) is 0 Å². The summed E-state index contributed by atoms with van der Waals surface area (Å²) < 4.78 is 4.95. The highest BCUT2D eigenvalue weighted by molar-refractivity contribution is 5.84. The highest BCUT2D eigenvalue weighted by Crippen LogP contribution is 2.01. The zero-order valence-electron chi connectivity index (χ0n) is 11.8. The van der Waals surface area contributed by atoms with Gasteiger partial charge in [0.25, 0.3) is 0 Å². The van der Waals surface area contributed by atoms with Crippen molar-refractivity contribution in [1.82, 2.24) is 9.80 Å². The van der Waals surface area contributed by atoms with Gasteiger partial charge in [-0.2, -0.15) is 0 Å². The minimum Gasteiger partial charge on any atom is -0.383 e. The predicted molar refractivity (Wildman–Crippen MR) is 70.0 cm³/mol. The number of hydrogen-bond acceptors (Lipinski definition) is 4. The minimum absolute atomic E-state index is 0.0750. The molecule has 0 aromatic carbocycles. The number of ether oxygens (including phenoxy) is 1. The fourth-order valence-electron chi connectivity index (χ4n) is 1.30. The quantitative estimate of drug-likeness (QED) is 0.648. The number of carbonyl (C=O) groups is 2. The molecule has 0 heterocycles. The lowest BCUT2D eigenvalue weighted by atomic mass is 10.1. The number of carbonyl (C=O) groups excluding carboxylic acids is 2. The van der Waals surface area contributed by atoms with Crippen LogP contribution in [0.5, 0.6) is 0 Å². The van der Waals surface area contributed by atoms with Crippen LogP contribution in [0.2, 0.25) is 0 Å². The molecule has 0 aliphatic carbocycles. The molecule has 0 fully saturated rings. The summed E-state index contributed by atoms with van der Waals surface area (Å²) in [4.78, 5) is 26.6. The van der Waals surface area contributed by atoms with E-state index < -0.39 is 0 Å². The van der Waals surface area contributed by atoms with E-state index in [1.54, 1.807) is 21.2 Å². The average molecular weight is 259 g/mol. The van der Waals surface area contributed by atoms with E-state index in [0.29, 0.717) is 13.2 Å². The molecule has 2 N–H and O–H groups in total. The molecule has 6 nitrogen and oxygen atoms in total. The highest BCUT2D eigenvalue weighted by atomic mass is 16.5. The molecule has 0 spiro atoms. The number of methoxy groups -OCH3 is 1. The Morgan fingerprint density at radius 1 is 1.28 bits per heavy atom. The first-order valence-corrected chi connectivity index (χ1v) is 6.14. The van der Waals surface area contributed by atoms with Gasteiger partial charge >= 0.3 is 0 Å². The topological polar surface area (TPSA) is 75.9 Å². The molecule has 2 amide bonds. The van der Waals surface area contributed by atoms with Crippen LogP contribution in [0.4, 0.5) is 0 Å². The van der Waals surface area contributed by atoms with Crippen molar-refractivity contribution in [2.75, 3.05) is 40.9 Å². The zero-order valence-corrected chi connectivity index (χ0v) is 11.8. The lowest BCUT2D eigenvalue weighted by molar-refractivity contribution is -0.140. The average Bonchev–Trinajstić information content (AvgIpc) is 2.33. The van der Waals surface area contributed by atoms with E-state index in [-0.39, 0.29) is 30.8 Å². The second-order valence-electron chi connectivity index (χ2n) is 4.47. The summed E-state index contributed by atoms with van der Waals surface area (Å²) in [5.41, 5.74) is 5.76. The van der Waals surface area contributed by atoms with Crippen LogP contribution in [0.25, 0.3) is 0 Å². The van der Waals surface area contributed by atoms with Crippen LogP contribution < -0.4 is 5.73 Å². The summed E-state index contributed by atoms with van der Waals surface area (Å²) >= 11 is 0. The van der Waals surface area contributed by atoms with Crippen LogP contribution >= 0.6 is 0 Å². The lowest BCUT2D eigenvalue weighted by Crippen LogP contribution is -2.43. The summed E-state index contributed by atoms with van der Waals surface area (Å²) in [6.07, 6.45) is 1.01. The molecule has 6 heteroatoms. The Hall–Kier alpha value is -1.14. The first kappa shape index (κ1) is 16.9. The fourth-order valence-corrected chi connectivity index (χ4v) is 1.30. The maximum atomic E-state index is 12.0. The third-order valence-electron chi connectivity index (χ3n) is 2.70. The summed E-state index contributed by atoms with van der Waals surface area (Å²) in [6, 6.07) is -0.156. The van der Waals surface area contributed by atoms with Crippen molar-refractivity contribution < 1.29 is 14.3 Å². The number of rotatable bonds is 8. The number of amides is 2. The minimum atomic E-state index is -0.156. The van der Waals surface area contributed by atoms with E-state index in [1.807, 2.05) is 6.92 Å². The van der Waals surface area contributed by atoms with Gasteiger partial charge in [-0.15, -0.1) is 0 Å². The van der Waals surface area contributed by atoms with Gasteiger partial charge in [-0.25, -0.2) is 0 Å². The Bertz CT molecular complexity index is 269. The predicted octanol–water partition coefficient (Wildman–Crippen LogP) is -0.323. The molecule has 0 saturated heterocycles. The van der Waals surface area contributed by atoms with Crippen LogP contribution in [0.3, 0.4) is 0 Å². The largest absolute Gasteiger partial charge is 0.383 e. The van der Waals surface area contributed by atoms with Crippen LogP contribution in [0, 0.1) is 0 Å². The number of nitrogens with two attached hydrogens (primary N) is 1. The van der Waals surface area contributed by atoms with Crippen molar-refractivity contribution in [3.63, 3.8) is 0 Å². The van der Waals surface area contributed by atoms with Gasteiger partial charge in [0, 0.05) is 40.2 Å². The van der Waals surface area contributed by atoms with E-state index >= 15 is 0 Å². The zero-order chi connectivity index (χ0) is 14.1. The van der Waals surface area contributed by atoms with E-state index in [1.165, 1.54) is 9.80 Å². The molecule has 0 aromatic heterocycles. The van der Waals surface area contributed by atoms with Gasteiger partial charge in [0.1, 0.15) is 0 Å². The Morgan fingerprint density at radius 3 is 2.33 bits per heavy atom. The van der Waals surface area contributed by atoms with Crippen molar-refractivity contribution in [2.45, 2.75) is 25.8 Å². The van der Waals surface area contributed by atoms with Gasteiger partial charge in [-0.05, 0) is 6.42 Å². The van der Waals surface area contributed by atoms with Crippen LogP contribution in [0.1, 0.15) is 19.8 Å². The Kier molecular flexibility index (Phi) is 8.32. The second kappa shape index (κ2) is 8.88. The molecule has 1 unspecified atom stereocenters. The van der Waals surface area contributed by atoms with E-state index in [0.717, 1.165) is 6.42 Å². The first-order chi connectivity index (χ1) is 8.42. The van der Waals surface area contributed by atoms with Gasteiger partial charge in [-0.3, -0.25) is 9.59 Å². The third kappa shape index (κ3) is 6.56. The molecule has 0 rings (SSSR count). The molecule has 0 aliphatic heterocycles. The molecule has 0 bridgehead atoms. The fraction of sp³-hybridized carbons (Fsp3) is 0.833. The monoisotopic (exact) mass is 259 g/mol. The number of likely N-dealkylation sites (N-methyl/N-ethyl adjacent to an activating group) is 1. The molecule has 0 radical (unpaired) electrons. The summed E-state index contributed by atoms with van der Waals surface area (Å²) in [5.74, 6) is -0.207. The number of hydrogen-bond donors (Lipinski definition) is 1. The highest BCUT2D eigenvalue weighted by Gasteiger charge is 2.19. The molecule has 0 aliphatic rings. The molecular formula is C12H25N3O3. The SMILES string of the molecule is CCC(N)CC(=O)N(CCOC)CC(=O)N(C)C. The third-order valence-corrected chi connectivity index (χ3v) is 2.70. The van der Waals surface area contributed by atoms with Crippen molar-refractivity contribution in [3.8, 4) is 0 Å². The van der Waals surface area contributed by atoms with Crippen molar-refractivity contribution in [2.24, 2.45) is 5.73 Å². The Balaban J connectivity index is 4.46. The van der Waals surface area contributed by atoms with Gasteiger partial charge in [0.15, 0.2) is 0 Å². The molecule has 1 atom stereocenters. The van der Waals surface area contributed by atoms with Crippen molar-refractivity contribution >= 4 is 11.8 Å². The van der Waals surface area contributed by atoms with E-state index in [9.17, 15) is 9.59 Å². The van der Waals surface area contributed by atoms with Crippen LogP contribution in [0.15, 0.2) is 0 Å². The number of nitrogens with zero attached hydrogens (tertiary/aromatic N) is 2. The second-order valence-corrected chi connectivity index (χ2v) is 4.47. The van der Waals surface area contributed by atoms with Crippen LogP contribution in [-0.2, 0) is 14.3 Å². The maximum absolute atomic E-state index is 12.0.